The third-order valence-corrected chi connectivity index (χ3v) is 4.17. The molecule has 0 aliphatic carbocycles. The van der Waals surface area contributed by atoms with E-state index in [-0.39, 0.29) is 6.09 Å². The van der Waals surface area contributed by atoms with Crippen molar-refractivity contribution in [3.8, 4) is 0 Å². The number of rotatable bonds is 0. The van der Waals surface area contributed by atoms with Crippen LogP contribution in [0.2, 0.25) is 0 Å². The van der Waals surface area contributed by atoms with Gasteiger partial charge >= 0.3 is 6.09 Å². The molecule has 1 atom stereocenters. The number of amides is 1. The average Bonchev–Trinajstić information content (AvgIpc) is 2.92. The first-order valence-electron chi connectivity index (χ1n) is 7.15. The predicted molar refractivity (Wildman–Crippen MR) is 80.0 cm³/mol. The first kappa shape index (κ1) is 14.8. The molecule has 3 rings (SSSR count). The number of nitrogens with zero attached hydrogens (tertiary/aromatic N) is 3. The van der Waals surface area contributed by atoms with Crippen molar-refractivity contribution in [2.45, 2.75) is 44.9 Å². The number of ether oxygens (including phenoxy) is 2. The number of fused-ring (bicyclic) bond motifs is 2. The lowest BCUT2D eigenvalue weighted by molar-refractivity contribution is -0.0727. The second kappa shape index (κ2) is 4.98. The van der Waals surface area contributed by atoms with Gasteiger partial charge < -0.3 is 14.4 Å². The van der Waals surface area contributed by atoms with E-state index in [2.05, 4.69) is 21.0 Å². The van der Waals surface area contributed by atoms with E-state index < -0.39 is 11.2 Å². The molecule has 2 aliphatic heterocycles. The molecule has 0 N–H and O–H groups in total. The van der Waals surface area contributed by atoms with Crippen LogP contribution in [0, 0.1) is 0 Å². The van der Waals surface area contributed by atoms with Crippen molar-refractivity contribution in [1.82, 2.24) is 14.7 Å². The molecule has 0 saturated carbocycles. The lowest BCUT2D eigenvalue weighted by Gasteiger charge is -2.34. The van der Waals surface area contributed by atoms with Crippen LogP contribution in [-0.2, 0) is 21.6 Å². The third-order valence-electron chi connectivity index (χ3n) is 3.78. The monoisotopic (exact) mass is 357 g/mol. The lowest BCUT2D eigenvalue weighted by Crippen LogP contribution is -2.43. The Labute approximate surface area is 132 Å². The number of aromatic nitrogens is 2. The van der Waals surface area contributed by atoms with Crippen LogP contribution >= 0.6 is 15.9 Å². The van der Waals surface area contributed by atoms with Crippen LogP contribution in [0.4, 0.5) is 4.79 Å². The highest BCUT2D eigenvalue weighted by Gasteiger charge is 2.47. The van der Waals surface area contributed by atoms with Crippen LogP contribution in [-0.4, -0.2) is 46.1 Å². The zero-order chi connectivity index (χ0) is 15.3. The molecule has 21 heavy (non-hydrogen) atoms. The Hall–Kier alpha value is -1.08. The fourth-order valence-electron chi connectivity index (χ4n) is 2.92. The Bertz CT molecular complexity index is 566. The van der Waals surface area contributed by atoms with Gasteiger partial charge in [-0.2, -0.15) is 5.10 Å². The van der Waals surface area contributed by atoms with E-state index in [0.29, 0.717) is 19.7 Å². The smallest absolute Gasteiger partial charge is 0.410 e. The van der Waals surface area contributed by atoms with Gasteiger partial charge in [0.2, 0.25) is 0 Å². The van der Waals surface area contributed by atoms with Gasteiger partial charge in [0, 0.05) is 13.0 Å². The number of carbonyl (C=O) groups excluding carboxylic acids is 1. The normalized spacial score (nSPS) is 25.2. The molecule has 1 fully saturated rings. The van der Waals surface area contributed by atoms with Crippen LogP contribution < -0.4 is 0 Å². The number of carbonyl (C=O) groups is 1. The van der Waals surface area contributed by atoms with E-state index in [1.807, 2.05) is 31.5 Å². The van der Waals surface area contributed by atoms with Crippen molar-refractivity contribution in [1.29, 1.82) is 0 Å². The number of halogens is 1. The fourth-order valence-corrected chi connectivity index (χ4v) is 3.32. The van der Waals surface area contributed by atoms with Gasteiger partial charge in [-0.15, -0.1) is 0 Å². The first-order valence-corrected chi connectivity index (χ1v) is 7.94. The van der Waals surface area contributed by atoms with Crippen LogP contribution in [0.1, 0.15) is 32.9 Å². The molecule has 1 aromatic rings. The van der Waals surface area contributed by atoms with Gasteiger partial charge in [0.15, 0.2) is 0 Å². The molecule has 0 radical (unpaired) electrons. The van der Waals surface area contributed by atoms with Gasteiger partial charge in [0.25, 0.3) is 0 Å². The highest BCUT2D eigenvalue weighted by atomic mass is 79.9. The van der Waals surface area contributed by atoms with Gasteiger partial charge in [-0.1, -0.05) is 0 Å². The minimum atomic E-state index is -0.481. The third kappa shape index (κ3) is 2.81. The topological polar surface area (TPSA) is 56.6 Å². The number of likely N-dealkylation sites (tertiary alicyclic amines) is 1. The quantitative estimate of drug-likeness (QED) is 0.715. The lowest BCUT2D eigenvalue weighted by atomic mass is 9.97. The molecule has 1 amide bonds. The summed E-state index contributed by atoms with van der Waals surface area (Å²) in [6.45, 7) is 8.14. The van der Waals surface area contributed by atoms with Gasteiger partial charge in [-0.05, 0) is 42.8 Å². The van der Waals surface area contributed by atoms with Gasteiger partial charge in [-0.25, -0.2) is 4.79 Å². The summed E-state index contributed by atoms with van der Waals surface area (Å²) in [7, 11) is 0. The molecule has 116 valence electrons. The summed E-state index contributed by atoms with van der Waals surface area (Å²) in [5.41, 5.74) is 0.103. The van der Waals surface area contributed by atoms with Gasteiger partial charge in [0.1, 0.15) is 15.8 Å². The SMILES string of the molecule is CC(C)(C)OC(=O)N1CCC2(C1)OCCn1nc(Br)cc12. The molecule has 1 saturated heterocycles. The molecule has 1 unspecified atom stereocenters. The van der Waals surface area contributed by atoms with E-state index in [0.717, 1.165) is 23.3 Å². The highest BCUT2D eigenvalue weighted by molar-refractivity contribution is 9.10. The maximum atomic E-state index is 12.2. The summed E-state index contributed by atoms with van der Waals surface area (Å²) in [6.07, 6.45) is 0.489. The molecule has 7 heteroatoms. The molecule has 6 nitrogen and oxygen atoms in total. The molecule has 2 aliphatic rings. The van der Waals surface area contributed by atoms with E-state index in [9.17, 15) is 4.79 Å². The zero-order valence-electron chi connectivity index (χ0n) is 12.6. The molecule has 1 spiro atoms. The van der Waals surface area contributed by atoms with Crippen molar-refractivity contribution in [2.75, 3.05) is 19.7 Å². The summed E-state index contributed by atoms with van der Waals surface area (Å²) in [5, 5.41) is 4.42. The first-order chi connectivity index (χ1) is 9.79. The molecule has 0 aromatic carbocycles. The van der Waals surface area contributed by atoms with Crippen molar-refractivity contribution >= 4 is 22.0 Å². The number of hydrogen-bond acceptors (Lipinski definition) is 4. The predicted octanol–water partition coefficient (Wildman–Crippen LogP) is 2.51. The Morgan fingerprint density at radius 1 is 1.48 bits per heavy atom. The summed E-state index contributed by atoms with van der Waals surface area (Å²) in [4.78, 5) is 13.9. The zero-order valence-corrected chi connectivity index (χ0v) is 14.1. The largest absolute Gasteiger partial charge is 0.444 e. The van der Waals surface area contributed by atoms with Gasteiger partial charge in [0.05, 0.1) is 25.4 Å². The highest BCUT2D eigenvalue weighted by Crippen LogP contribution is 2.39. The van der Waals surface area contributed by atoms with Crippen LogP contribution in [0.15, 0.2) is 10.7 Å². The molecular formula is C14H20BrN3O3. The Morgan fingerprint density at radius 3 is 2.95 bits per heavy atom. The van der Waals surface area contributed by atoms with Crippen LogP contribution in [0.3, 0.4) is 0 Å². The Morgan fingerprint density at radius 2 is 2.24 bits per heavy atom. The molecular weight excluding hydrogens is 338 g/mol. The number of hydrogen-bond donors (Lipinski definition) is 0. The molecule has 0 bridgehead atoms. The van der Waals surface area contributed by atoms with Crippen molar-refractivity contribution in [2.24, 2.45) is 0 Å². The average molecular weight is 358 g/mol. The summed E-state index contributed by atoms with van der Waals surface area (Å²) < 4.78 is 14.3. The molecule has 3 heterocycles. The van der Waals surface area contributed by atoms with E-state index >= 15 is 0 Å². The van der Waals surface area contributed by atoms with Crippen molar-refractivity contribution in [3.63, 3.8) is 0 Å². The van der Waals surface area contributed by atoms with Crippen molar-refractivity contribution < 1.29 is 14.3 Å². The fraction of sp³-hybridized carbons (Fsp3) is 0.714. The molecule has 1 aromatic heterocycles. The second-order valence-electron chi connectivity index (χ2n) is 6.57. The Kier molecular flexibility index (Phi) is 3.52. The minimum Gasteiger partial charge on any atom is -0.444 e. The maximum absolute atomic E-state index is 12.2. The van der Waals surface area contributed by atoms with Crippen LogP contribution in [0.25, 0.3) is 0 Å². The van der Waals surface area contributed by atoms with E-state index in [1.165, 1.54) is 0 Å². The summed E-state index contributed by atoms with van der Waals surface area (Å²) in [6, 6.07) is 1.98. The van der Waals surface area contributed by atoms with E-state index in [1.54, 1.807) is 4.90 Å². The minimum absolute atomic E-state index is 0.279. The Balaban J connectivity index is 1.79. The van der Waals surface area contributed by atoms with Crippen molar-refractivity contribution in [3.05, 3.63) is 16.4 Å². The summed E-state index contributed by atoms with van der Waals surface area (Å²) >= 11 is 3.41. The second-order valence-corrected chi connectivity index (χ2v) is 7.38. The van der Waals surface area contributed by atoms with Gasteiger partial charge in [-0.3, -0.25) is 4.68 Å². The van der Waals surface area contributed by atoms with Crippen LogP contribution in [0.5, 0.6) is 0 Å². The summed E-state index contributed by atoms with van der Waals surface area (Å²) in [5.74, 6) is 0. The maximum Gasteiger partial charge on any atom is 0.410 e. The van der Waals surface area contributed by atoms with E-state index in [4.69, 9.17) is 9.47 Å². The standard InChI is InChI=1S/C14H20BrN3O3/c1-13(2,3)21-12(19)17-5-4-14(9-17)10-8-11(15)16-18(10)6-7-20-14/h8H,4-7,9H2,1-3H3.